The average molecular weight is 618 g/mol. The van der Waals surface area contributed by atoms with Gasteiger partial charge in [-0.15, -0.1) is 0 Å². The lowest BCUT2D eigenvalue weighted by Gasteiger charge is -2.33. The Morgan fingerprint density at radius 1 is 0.933 bits per heavy atom. The molecule has 12 heteroatoms. The molecule has 10 nitrogen and oxygen atoms in total. The van der Waals surface area contributed by atoms with Gasteiger partial charge in [0.15, 0.2) is 0 Å². The van der Waals surface area contributed by atoms with E-state index in [0.29, 0.717) is 52.4 Å². The first-order valence-corrected chi connectivity index (χ1v) is 15.3. The predicted molar refractivity (Wildman–Crippen MR) is 165 cm³/mol. The Morgan fingerprint density at radius 2 is 1.53 bits per heavy atom. The van der Waals surface area contributed by atoms with Crippen LogP contribution in [0.5, 0.6) is 0 Å². The number of amides is 2. The van der Waals surface area contributed by atoms with Crippen LogP contribution in [0.1, 0.15) is 63.3 Å². The van der Waals surface area contributed by atoms with Gasteiger partial charge in [-0.1, -0.05) is 26.0 Å². The van der Waals surface area contributed by atoms with Crippen LogP contribution < -0.4 is 5.32 Å². The third-order valence-corrected chi connectivity index (χ3v) is 8.89. The summed E-state index contributed by atoms with van der Waals surface area (Å²) >= 11 is 0. The molecule has 4 N–H and O–H groups in total. The normalized spacial score (nSPS) is 18.9. The molecule has 3 atom stereocenters. The molecular weight excluding hydrogens is 580 g/mol. The number of carbonyl (C=O) groups excluding carboxylic acids is 1. The van der Waals surface area contributed by atoms with Crippen LogP contribution in [0, 0.1) is 17.6 Å². The molecule has 4 aromatic rings. The molecule has 2 fully saturated rings. The van der Waals surface area contributed by atoms with Gasteiger partial charge in [0.25, 0.3) is 0 Å². The van der Waals surface area contributed by atoms with Crippen molar-refractivity contribution in [3.8, 4) is 33.6 Å². The molecule has 0 saturated carbocycles. The number of H-pyrrole nitrogens is 2. The molecule has 0 bridgehead atoms. The Bertz CT molecular complexity index is 1710. The fraction of sp³-hybridized carbons (Fsp3) is 0.394. The summed E-state index contributed by atoms with van der Waals surface area (Å²) in [4.78, 5) is 43.2. The molecule has 6 rings (SSSR count). The van der Waals surface area contributed by atoms with Crippen molar-refractivity contribution >= 4 is 12.0 Å². The number of likely N-dealkylation sites (tertiary alicyclic amines) is 1. The van der Waals surface area contributed by atoms with E-state index in [1.54, 1.807) is 35.4 Å². The molecule has 2 amide bonds. The van der Waals surface area contributed by atoms with Crippen LogP contribution in [0.25, 0.3) is 33.6 Å². The average Bonchev–Trinajstić information content (AvgIpc) is 3.83. The lowest BCUT2D eigenvalue weighted by atomic mass is 10.00. The van der Waals surface area contributed by atoms with E-state index in [9.17, 15) is 14.7 Å². The van der Waals surface area contributed by atoms with Crippen LogP contribution in [0.3, 0.4) is 0 Å². The zero-order valence-electron chi connectivity index (χ0n) is 25.5. The van der Waals surface area contributed by atoms with Gasteiger partial charge in [-0.25, -0.2) is 23.5 Å². The van der Waals surface area contributed by atoms with Crippen molar-refractivity contribution in [3.05, 3.63) is 72.1 Å². The highest BCUT2D eigenvalue weighted by molar-refractivity contribution is 5.86. The maximum Gasteiger partial charge on any atom is 0.407 e. The molecule has 0 spiro atoms. The summed E-state index contributed by atoms with van der Waals surface area (Å²) < 4.78 is 30.7. The van der Waals surface area contributed by atoms with Gasteiger partial charge in [0.1, 0.15) is 29.3 Å². The topological polar surface area (TPSA) is 130 Å². The highest BCUT2D eigenvalue weighted by Gasteiger charge is 2.39. The van der Waals surface area contributed by atoms with Crippen LogP contribution in [-0.4, -0.2) is 73.0 Å². The minimum atomic E-state index is -1.17. The molecule has 2 aromatic carbocycles. The van der Waals surface area contributed by atoms with E-state index in [0.717, 1.165) is 36.5 Å². The highest BCUT2D eigenvalue weighted by Crippen LogP contribution is 2.35. The molecule has 2 saturated heterocycles. The minimum absolute atomic E-state index is 0.149. The van der Waals surface area contributed by atoms with E-state index in [2.05, 4.69) is 25.3 Å². The number of benzene rings is 2. The van der Waals surface area contributed by atoms with Crippen LogP contribution >= 0.6 is 0 Å². The molecule has 2 aromatic heterocycles. The first kappa shape index (κ1) is 30.4. The summed E-state index contributed by atoms with van der Waals surface area (Å²) in [6.45, 7) is 5.05. The quantitative estimate of drug-likeness (QED) is 0.188. The molecule has 4 heterocycles. The first-order chi connectivity index (χ1) is 21.6. The van der Waals surface area contributed by atoms with Gasteiger partial charge in [0.2, 0.25) is 5.91 Å². The SMILES string of the molecule is CC(C)[C@@H](C(=O)N1CCC[C@H]1c1ncc(-c2ccc(-c3ccc(-c4cnc(C5CCCN5)[nH]4)c(F)c3)cc2F)[nH]1)N(C)C(=O)O. The number of nitrogens with zero attached hydrogens (tertiary/aromatic N) is 4. The summed E-state index contributed by atoms with van der Waals surface area (Å²) in [5, 5.41) is 12.9. The lowest BCUT2D eigenvalue weighted by molar-refractivity contribution is -0.138. The Balaban J connectivity index is 1.19. The Labute approximate surface area is 259 Å². The van der Waals surface area contributed by atoms with Crippen LogP contribution in [0.2, 0.25) is 0 Å². The third-order valence-electron chi connectivity index (χ3n) is 8.89. The number of rotatable bonds is 8. The van der Waals surface area contributed by atoms with Gasteiger partial charge < -0.3 is 25.3 Å². The zero-order chi connectivity index (χ0) is 31.8. The molecular formula is C33H37F2N7O3. The number of aromatic nitrogens is 4. The van der Waals surface area contributed by atoms with Crippen LogP contribution in [0.4, 0.5) is 13.6 Å². The van der Waals surface area contributed by atoms with Crippen molar-refractivity contribution in [1.29, 1.82) is 0 Å². The number of nitrogens with one attached hydrogen (secondary N) is 3. The molecule has 236 valence electrons. The van der Waals surface area contributed by atoms with Crippen molar-refractivity contribution in [2.24, 2.45) is 5.92 Å². The van der Waals surface area contributed by atoms with E-state index < -0.39 is 23.8 Å². The van der Waals surface area contributed by atoms with Crippen molar-refractivity contribution < 1.29 is 23.5 Å². The van der Waals surface area contributed by atoms with Crippen LogP contribution in [-0.2, 0) is 4.79 Å². The monoisotopic (exact) mass is 617 g/mol. The number of hydrogen-bond acceptors (Lipinski definition) is 5. The van der Waals surface area contributed by atoms with E-state index in [1.165, 1.54) is 25.4 Å². The maximum absolute atomic E-state index is 15.5. The second-order valence-electron chi connectivity index (χ2n) is 12.2. The summed E-state index contributed by atoms with van der Waals surface area (Å²) in [6.07, 6.45) is 5.46. The van der Waals surface area contributed by atoms with Crippen molar-refractivity contribution in [2.75, 3.05) is 20.1 Å². The third kappa shape index (κ3) is 5.94. The molecule has 0 aliphatic carbocycles. The Kier molecular flexibility index (Phi) is 8.41. The summed E-state index contributed by atoms with van der Waals surface area (Å²) in [7, 11) is 1.40. The van der Waals surface area contributed by atoms with E-state index >= 15 is 8.78 Å². The second-order valence-corrected chi connectivity index (χ2v) is 12.2. The van der Waals surface area contributed by atoms with Crippen LogP contribution in [0.15, 0.2) is 48.8 Å². The Hall–Kier alpha value is -4.58. The number of carbonyl (C=O) groups is 2. The molecule has 0 radical (unpaired) electrons. The van der Waals surface area contributed by atoms with Gasteiger partial charge in [0, 0.05) is 24.7 Å². The van der Waals surface area contributed by atoms with E-state index in [1.807, 2.05) is 13.8 Å². The summed E-state index contributed by atoms with van der Waals surface area (Å²) in [6, 6.07) is 8.49. The molecule has 2 aliphatic rings. The van der Waals surface area contributed by atoms with Gasteiger partial charge in [-0.2, -0.15) is 0 Å². The minimum Gasteiger partial charge on any atom is -0.465 e. The van der Waals surface area contributed by atoms with Crippen molar-refractivity contribution in [3.63, 3.8) is 0 Å². The number of likely N-dealkylation sites (N-methyl/N-ethyl adjacent to an activating group) is 1. The second kappa shape index (κ2) is 12.4. The van der Waals surface area contributed by atoms with Crippen molar-refractivity contribution in [1.82, 2.24) is 35.1 Å². The van der Waals surface area contributed by atoms with Gasteiger partial charge in [0.05, 0.1) is 35.9 Å². The summed E-state index contributed by atoms with van der Waals surface area (Å²) in [5.41, 5.74) is 2.79. The van der Waals surface area contributed by atoms with Gasteiger partial charge >= 0.3 is 6.09 Å². The van der Waals surface area contributed by atoms with Gasteiger partial charge in [-0.3, -0.25) is 9.69 Å². The number of hydrogen-bond donors (Lipinski definition) is 4. The lowest BCUT2D eigenvalue weighted by Crippen LogP contribution is -2.51. The molecule has 1 unspecified atom stereocenters. The van der Waals surface area contributed by atoms with Crippen molar-refractivity contribution in [2.45, 2.75) is 57.7 Å². The van der Waals surface area contributed by atoms with E-state index in [4.69, 9.17) is 0 Å². The zero-order valence-corrected chi connectivity index (χ0v) is 25.5. The maximum atomic E-state index is 15.5. The smallest absolute Gasteiger partial charge is 0.407 e. The standard InChI is InChI=1S/C33H37F2N7O3/c1-18(2)29(41(3)33(44)45)32(43)42-13-5-7-28(42)31-38-17-27(40-31)22-11-9-20(15-24(22)35)19-8-10-21(23(34)14-19)26-16-37-30(39-26)25-6-4-12-36-25/h8-11,14-18,25,28-29,36H,4-7,12-13H2,1-3H3,(H,37,39)(H,38,40)(H,44,45)/t25?,28-,29-/m0/s1. The first-order valence-electron chi connectivity index (χ1n) is 15.3. The fourth-order valence-electron chi connectivity index (χ4n) is 6.54. The number of halogens is 2. The number of aromatic amines is 2. The highest BCUT2D eigenvalue weighted by atomic mass is 19.1. The molecule has 2 aliphatic heterocycles. The Morgan fingerprint density at radius 3 is 2.07 bits per heavy atom. The fourth-order valence-corrected chi connectivity index (χ4v) is 6.54. The molecule has 45 heavy (non-hydrogen) atoms. The summed E-state index contributed by atoms with van der Waals surface area (Å²) in [5.74, 6) is -0.123. The largest absolute Gasteiger partial charge is 0.465 e. The number of carboxylic acid groups (broad SMARTS) is 1. The van der Waals surface area contributed by atoms with Gasteiger partial charge in [-0.05, 0) is 73.5 Å². The van der Waals surface area contributed by atoms with E-state index in [-0.39, 0.29) is 23.9 Å². The predicted octanol–water partition coefficient (Wildman–Crippen LogP) is 6.13. The number of imidazole rings is 2.